The normalized spacial score (nSPS) is 17.3. The van der Waals surface area contributed by atoms with Gasteiger partial charge in [-0.1, -0.05) is 18.9 Å². The van der Waals surface area contributed by atoms with Crippen molar-refractivity contribution in [3.8, 4) is 0 Å². The van der Waals surface area contributed by atoms with E-state index in [0.29, 0.717) is 11.9 Å². The first-order valence-corrected chi connectivity index (χ1v) is 7.26. The van der Waals surface area contributed by atoms with Crippen LogP contribution < -0.4 is 0 Å². The van der Waals surface area contributed by atoms with Gasteiger partial charge in [0.1, 0.15) is 5.82 Å². The van der Waals surface area contributed by atoms with Gasteiger partial charge in [0.05, 0.1) is 16.9 Å². The maximum absolute atomic E-state index is 6.06. The number of imidazole rings is 1. The average Bonchev–Trinajstić information content (AvgIpc) is 3.07. The van der Waals surface area contributed by atoms with Gasteiger partial charge >= 0.3 is 0 Å². The molecule has 18 heavy (non-hydrogen) atoms. The lowest BCUT2D eigenvalue weighted by molar-refractivity contribution is 0.477. The Morgan fingerprint density at radius 1 is 1.44 bits per heavy atom. The van der Waals surface area contributed by atoms with Crippen molar-refractivity contribution in [3.05, 3.63) is 29.6 Å². The third-order valence-corrected chi connectivity index (χ3v) is 4.09. The Kier molecular flexibility index (Phi) is 3.06. The van der Waals surface area contributed by atoms with Crippen molar-refractivity contribution in [1.82, 2.24) is 9.55 Å². The fourth-order valence-electron chi connectivity index (χ4n) is 2.78. The molecule has 0 radical (unpaired) electrons. The summed E-state index contributed by atoms with van der Waals surface area (Å²) in [6.45, 7) is 4.42. The molecule has 2 nitrogen and oxygen atoms in total. The Balaban J connectivity index is 2.07. The minimum absolute atomic E-state index is 0.489. The highest BCUT2D eigenvalue weighted by Crippen LogP contribution is 2.38. The first-order chi connectivity index (χ1) is 8.69. The number of rotatable bonds is 4. The molecular formula is C15H19ClN2. The van der Waals surface area contributed by atoms with E-state index in [-0.39, 0.29) is 0 Å². The van der Waals surface area contributed by atoms with Gasteiger partial charge in [0, 0.05) is 6.04 Å². The minimum Gasteiger partial charge on any atom is -0.324 e. The van der Waals surface area contributed by atoms with Crippen LogP contribution in [0.15, 0.2) is 18.2 Å². The number of halogens is 1. The molecule has 2 aromatic rings. The molecule has 0 saturated heterocycles. The molecule has 0 N–H and O–H groups in total. The van der Waals surface area contributed by atoms with Crippen LogP contribution in [0.1, 0.15) is 43.6 Å². The van der Waals surface area contributed by atoms with E-state index in [4.69, 9.17) is 11.6 Å². The Hall–Kier alpha value is -1.02. The van der Waals surface area contributed by atoms with Crippen LogP contribution in [0.5, 0.6) is 0 Å². The quantitative estimate of drug-likeness (QED) is 0.745. The molecule has 96 valence electrons. The molecule has 1 atom stereocenters. The van der Waals surface area contributed by atoms with Crippen LogP contribution in [0.3, 0.4) is 0 Å². The third kappa shape index (κ3) is 2.14. The van der Waals surface area contributed by atoms with Crippen molar-refractivity contribution in [3.63, 3.8) is 0 Å². The lowest BCUT2D eigenvalue weighted by Crippen LogP contribution is -2.09. The van der Waals surface area contributed by atoms with Crippen molar-refractivity contribution < 1.29 is 0 Å². The summed E-state index contributed by atoms with van der Waals surface area (Å²) in [7, 11) is 0. The van der Waals surface area contributed by atoms with Crippen molar-refractivity contribution in [2.24, 2.45) is 5.92 Å². The molecule has 0 aliphatic heterocycles. The molecular weight excluding hydrogens is 244 g/mol. The summed E-state index contributed by atoms with van der Waals surface area (Å²) < 4.78 is 2.34. The Morgan fingerprint density at radius 2 is 2.22 bits per heavy atom. The predicted octanol–water partition coefficient (Wildman–Crippen LogP) is 4.44. The molecule has 3 heteroatoms. The first kappa shape index (κ1) is 12.0. The van der Waals surface area contributed by atoms with Gasteiger partial charge in [-0.2, -0.15) is 0 Å². The number of aryl methyl sites for hydroxylation is 1. The third-order valence-electron chi connectivity index (χ3n) is 3.85. The second kappa shape index (κ2) is 4.58. The van der Waals surface area contributed by atoms with Crippen molar-refractivity contribution >= 4 is 22.6 Å². The number of fused-ring (bicyclic) bond motifs is 1. The van der Waals surface area contributed by atoms with Crippen LogP contribution >= 0.6 is 11.6 Å². The second-order valence-electron chi connectivity index (χ2n) is 5.55. The summed E-state index contributed by atoms with van der Waals surface area (Å²) in [6, 6.07) is 6.93. The van der Waals surface area contributed by atoms with Gasteiger partial charge in [-0.15, -0.1) is 11.6 Å². The molecule has 1 aromatic carbocycles. The highest BCUT2D eigenvalue weighted by Gasteiger charge is 2.26. The lowest BCUT2D eigenvalue weighted by atomic mass is 10.1. The summed E-state index contributed by atoms with van der Waals surface area (Å²) in [4.78, 5) is 4.65. The fraction of sp³-hybridized carbons (Fsp3) is 0.533. The minimum atomic E-state index is 0.489. The largest absolute Gasteiger partial charge is 0.324 e. The molecule has 0 spiro atoms. The molecule has 0 amide bonds. The van der Waals surface area contributed by atoms with Gasteiger partial charge in [-0.25, -0.2) is 4.98 Å². The van der Waals surface area contributed by atoms with Crippen LogP contribution in [-0.2, 0) is 5.88 Å². The smallest absolute Gasteiger partial charge is 0.125 e. The summed E-state index contributed by atoms with van der Waals surface area (Å²) in [6.07, 6.45) is 4.04. The Labute approximate surface area is 113 Å². The fourth-order valence-corrected chi connectivity index (χ4v) is 2.97. The van der Waals surface area contributed by atoms with E-state index in [0.717, 1.165) is 17.3 Å². The van der Waals surface area contributed by atoms with Gasteiger partial charge in [-0.3, -0.25) is 0 Å². The van der Waals surface area contributed by atoms with Crippen LogP contribution in [0, 0.1) is 12.8 Å². The second-order valence-corrected chi connectivity index (χ2v) is 5.82. The number of alkyl halides is 1. The number of aromatic nitrogens is 2. The Morgan fingerprint density at radius 3 is 2.89 bits per heavy atom. The summed E-state index contributed by atoms with van der Waals surface area (Å²) in [5.74, 6) is 2.42. The van der Waals surface area contributed by atoms with Crippen molar-refractivity contribution in [2.75, 3.05) is 0 Å². The molecule has 1 heterocycles. The maximum Gasteiger partial charge on any atom is 0.125 e. The molecule has 3 rings (SSSR count). The molecule has 1 fully saturated rings. The van der Waals surface area contributed by atoms with Gasteiger partial charge in [0.15, 0.2) is 0 Å². The molecule has 0 bridgehead atoms. The van der Waals surface area contributed by atoms with E-state index in [9.17, 15) is 0 Å². The van der Waals surface area contributed by atoms with E-state index < -0.39 is 0 Å². The molecule has 1 unspecified atom stereocenters. The topological polar surface area (TPSA) is 17.8 Å². The van der Waals surface area contributed by atoms with Crippen molar-refractivity contribution in [2.45, 2.75) is 45.0 Å². The van der Waals surface area contributed by atoms with Gasteiger partial charge in [0.25, 0.3) is 0 Å². The van der Waals surface area contributed by atoms with E-state index in [2.05, 4.69) is 41.6 Å². The van der Waals surface area contributed by atoms with Crippen LogP contribution in [0.2, 0.25) is 0 Å². The number of hydrogen-bond donors (Lipinski definition) is 0. The summed E-state index contributed by atoms with van der Waals surface area (Å²) in [5.41, 5.74) is 3.58. The van der Waals surface area contributed by atoms with Crippen LogP contribution in [0.25, 0.3) is 11.0 Å². The average molecular weight is 263 g/mol. The Bertz CT molecular complexity index is 569. The first-order valence-electron chi connectivity index (χ1n) is 6.72. The lowest BCUT2D eigenvalue weighted by Gasteiger charge is -2.16. The number of nitrogens with zero attached hydrogens (tertiary/aromatic N) is 2. The SMILES string of the molecule is Cc1ccc2nc(CCl)n(C(C)CC3CC3)c2c1. The molecule has 1 aliphatic rings. The summed E-state index contributed by atoms with van der Waals surface area (Å²) >= 11 is 6.06. The van der Waals surface area contributed by atoms with Gasteiger partial charge in [0.2, 0.25) is 0 Å². The number of hydrogen-bond acceptors (Lipinski definition) is 1. The van der Waals surface area contributed by atoms with Gasteiger partial charge < -0.3 is 4.57 Å². The molecule has 1 saturated carbocycles. The summed E-state index contributed by atoms with van der Waals surface area (Å²) in [5, 5.41) is 0. The highest BCUT2D eigenvalue weighted by atomic mass is 35.5. The zero-order valence-corrected chi connectivity index (χ0v) is 11.7. The standard InChI is InChI=1S/C15H19ClN2/c1-10-3-6-13-14(7-10)18(15(9-16)17-13)11(2)8-12-4-5-12/h3,6-7,11-12H,4-5,8-9H2,1-2H3. The van der Waals surface area contributed by atoms with E-state index in [1.54, 1.807) is 0 Å². The molecule has 1 aliphatic carbocycles. The predicted molar refractivity (Wildman–Crippen MR) is 76.1 cm³/mol. The van der Waals surface area contributed by atoms with E-state index in [1.165, 1.54) is 30.3 Å². The number of benzene rings is 1. The monoisotopic (exact) mass is 262 g/mol. The van der Waals surface area contributed by atoms with E-state index >= 15 is 0 Å². The van der Waals surface area contributed by atoms with Crippen LogP contribution in [0.4, 0.5) is 0 Å². The van der Waals surface area contributed by atoms with E-state index in [1.807, 2.05) is 0 Å². The van der Waals surface area contributed by atoms with Crippen LogP contribution in [-0.4, -0.2) is 9.55 Å². The zero-order valence-electron chi connectivity index (χ0n) is 11.0. The zero-order chi connectivity index (χ0) is 12.7. The maximum atomic E-state index is 6.06. The molecule has 1 aromatic heterocycles. The van der Waals surface area contributed by atoms with Crippen molar-refractivity contribution in [1.29, 1.82) is 0 Å². The highest BCUT2D eigenvalue weighted by molar-refractivity contribution is 6.16. The van der Waals surface area contributed by atoms with Gasteiger partial charge in [-0.05, 0) is 43.9 Å².